The lowest BCUT2D eigenvalue weighted by atomic mass is 9.90. The summed E-state index contributed by atoms with van der Waals surface area (Å²) in [5, 5.41) is 9.98. The summed E-state index contributed by atoms with van der Waals surface area (Å²) in [5.74, 6) is -0.948. The maximum atomic E-state index is 13.8. The molecule has 5 aliphatic rings. The van der Waals surface area contributed by atoms with Gasteiger partial charge in [-0.2, -0.15) is 0 Å². The Morgan fingerprint density at radius 3 is 2.29 bits per heavy atom. The second-order valence-corrected chi connectivity index (χ2v) is 17.2. The minimum Gasteiger partial charge on any atom is -0.369 e. The number of rotatable bonds is 10. The van der Waals surface area contributed by atoms with Crippen LogP contribution in [0.25, 0.3) is 11.1 Å². The Balaban J connectivity index is 0.864. The van der Waals surface area contributed by atoms with Crippen molar-refractivity contribution in [3.05, 3.63) is 107 Å². The van der Waals surface area contributed by atoms with E-state index in [9.17, 15) is 24.0 Å². The third-order valence-corrected chi connectivity index (χ3v) is 13.4. The smallest absolute Gasteiger partial charge is 0.251 e. The molecule has 5 amide bonds. The van der Waals surface area contributed by atoms with Gasteiger partial charge in [0.25, 0.3) is 5.91 Å². The topological polar surface area (TPSA) is 150 Å². The first-order chi connectivity index (χ1) is 30.1. The highest BCUT2D eigenvalue weighted by molar-refractivity contribution is 6.02. The third kappa shape index (κ3) is 8.54. The maximum Gasteiger partial charge on any atom is 0.251 e. The molecule has 2 atom stereocenters. The maximum absolute atomic E-state index is 13.8. The summed E-state index contributed by atoms with van der Waals surface area (Å²) in [7, 11) is 3.48. The molecule has 9 rings (SSSR count). The summed E-state index contributed by atoms with van der Waals surface area (Å²) in [5.41, 5.74) is 12.4. The van der Waals surface area contributed by atoms with Crippen LogP contribution in [-0.2, 0) is 25.7 Å². The van der Waals surface area contributed by atoms with Crippen LogP contribution >= 0.6 is 0 Å². The largest absolute Gasteiger partial charge is 0.369 e. The number of fused-ring (bicyclic) bond motifs is 1. The Labute approximate surface area is 362 Å². The molecule has 14 heteroatoms. The number of hydrogen-bond donors (Lipinski definition) is 4. The van der Waals surface area contributed by atoms with E-state index >= 15 is 0 Å². The predicted molar refractivity (Wildman–Crippen MR) is 240 cm³/mol. The number of benzene rings is 4. The molecular weight excluding hydrogens is 783 g/mol. The van der Waals surface area contributed by atoms with Gasteiger partial charge in [-0.3, -0.25) is 39.1 Å². The molecule has 5 heterocycles. The van der Waals surface area contributed by atoms with E-state index in [0.29, 0.717) is 36.6 Å². The molecule has 0 bridgehead atoms. The van der Waals surface area contributed by atoms with Crippen LogP contribution in [0, 0.1) is 0 Å². The van der Waals surface area contributed by atoms with Gasteiger partial charge >= 0.3 is 0 Å². The molecular formula is C48H55N9O5. The van der Waals surface area contributed by atoms with E-state index in [4.69, 9.17) is 0 Å². The number of piperazine rings is 1. The number of carbonyl (C=O) groups is 5. The predicted octanol–water partition coefficient (Wildman–Crippen LogP) is 4.78. The van der Waals surface area contributed by atoms with Crippen LogP contribution in [0.1, 0.15) is 77.5 Å². The Kier molecular flexibility index (Phi) is 11.8. The molecule has 4 aromatic carbocycles. The number of amides is 5. The van der Waals surface area contributed by atoms with Crippen molar-refractivity contribution in [2.24, 2.45) is 0 Å². The molecule has 322 valence electrons. The van der Waals surface area contributed by atoms with Crippen molar-refractivity contribution in [2.45, 2.75) is 63.1 Å². The molecule has 62 heavy (non-hydrogen) atoms. The van der Waals surface area contributed by atoms with E-state index in [1.807, 2.05) is 29.1 Å². The molecule has 0 spiro atoms. The molecule has 0 radical (unpaired) electrons. The van der Waals surface area contributed by atoms with Crippen molar-refractivity contribution in [2.75, 3.05) is 80.0 Å². The number of anilines is 4. The second-order valence-electron chi connectivity index (χ2n) is 17.2. The molecule has 2 unspecified atom stereocenters. The van der Waals surface area contributed by atoms with Crippen molar-refractivity contribution in [1.29, 1.82) is 0 Å². The standard InChI is InChI=1S/C48H55N9O5/c1-49-46(60)33-5-3-6-35(27-33)50-48(62)45-41-29-32(10-16-42(41)53(2)52-45)39-14-13-38(57-20-4-7-44(57)59)28-34(39)30-54-21-18-37(19-22-54)56-25-23-55(24-26-56)36-11-8-31(9-12-36)40-15-17-43(58)51-47(40)61/h3,5-6,8-14,16,27-29,37,40,45,52H,4,7,15,17-26,30H2,1-2H3,(H,49,60)(H,50,62)(H,51,58,61). The molecule has 0 saturated carbocycles. The fraction of sp³-hybridized carbons (Fsp3) is 0.396. The van der Waals surface area contributed by atoms with Crippen LogP contribution < -0.4 is 36.2 Å². The number of likely N-dealkylation sites (tertiary alicyclic amines) is 1. The van der Waals surface area contributed by atoms with Crippen LogP contribution in [0.4, 0.5) is 22.7 Å². The van der Waals surface area contributed by atoms with Crippen LogP contribution in [0.5, 0.6) is 0 Å². The lowest BCUT2D eigenvalue weighted by Crippen LogP contribution is -2.53. The SMILES string of the molecule is CNC(=O)c1cccc(NC(=O)C2NN(C)c3ccc(-c4ccc(N5CCCC5=O)cc4CN4CCC(N5CCN(c6ccc(C7CCC(=O)NC7=O)cc6)CC5)CC4)cc32)c1. The third-order valence-electron chi connectivity index (χ3n) is 13.4. The van der Waals surface area contributed by atoms with Crippen molar-refractivity contribution >= 4 is 52.3 Å². The molecule has 4 fully saturated rings. The molecule has 4 aromatic rings. The Morgan fingerprint density at radius 2 is 1.56 bits per heavy atom. The molecule has 14 nitrogen and oxygen atoms in total. The van der Waals surface area contributed by atoms with E-state index in [1.165, 1.54) is 5.69 Å². The number of nitrogens with zero attached hydrogens (tertiary/aromatic N) is 5. The van der Waals surface area contributed by atoms with Crippen molar-refractivity contribution in [1.82, 2.24) is 25.9 Å². The summed E-state index contributed by atoms with van der Waals surface area (Å²) in [4.78, 5) is 72.5. The first-order valence-corrected chi connectivity index (χ1v) is 22.0. The number of carbonyl (C=O) groups excluding carboxylic acids is 5. The minimum absolute atomic E-state index is 0.162. The Hall–Kier alpha value is -6.09. The summed E-state index contributed by atoms with van der Waals surface area (Å²) in [6.45, 7) is 7.32. The van der Waals surface area contributed by atoms with Gasteiger partial charge < -0.3 is 25.4 Å². The molecule has 4 N–H and O–H groups in total. The normalized spacial score (nSPS) is 21.3. The number of hydrogen-bond acceptors (Lipinski definition) is 10. The Morgan fingerprint density at radius 1 is 0.790 bits per heavy atom. The van der Waals surface area contributed by atoms with Gasteiger partial charge in [-0.05, 0) is 116 Å². The average molecular weight is 838 g/mol. The summed E-state index contributed by atoms with van der Waals surface area (Å²) in [6, 6.07) is 27.8. The number of piperidine rings is 2. The number of imide groups is 1. The van der Waals surface area contributed by atoms with Gasteiger partial charge in [-0.1, -0.05) is 30.3 Å². The summed E-state index contributed by atoms with van der Waals surface area (Å²) in [6.07, 6.45) is 4.53. The van der Waals surface area contributed by atoms with Crippen LogP contribution in [0.15, 0.2) is 84.9 Å². The second kappa shape index (κ2) is 17.7. The van der Waals surface area contributed by atoms with Gasteiger partial charge in [0.2, 0.25) is 23.6 Å². The lowest BCUT2D eigenvalue weighted by Gasteiger charge is -2.43. The number of nitrogens with one attached hydrogen (secondary N) is 4. The quantitative estimate of drug-likeness (QED) is 0.165. The van der Waals surface area contributed by atoms with Gasteiger partial charge in [0.1, 0.15) is 6.04 Å². The minimum atomic E-state index is -0.644. The monoisotopic (exact) mass is 837 g/mol. The highest BCUT2D eigenvalue weighted by Crippen LogP contribution is 2.39. The Bertz CT molecular complexity index is 2370. The van der Waals surface area contributed by atoms with Crippen molar-refractivity contribution in [3.63, 3.8) is 0 Å². The zero-order valence-electron chi connectivity index (χ0n) is 35.5. The van der Waals surface area contributed by atoms with Gasteiger partial charge in [-0.25, -0.2) is 5.43 Å². The van der Waals surface area contributed by atoms with E-state index in [0.717, 1.165) is 111 Å². The van der Waals surface area contributed by atoms with E-state index in [1.54, 1.807) is 31.3 Å². The van der Waals surface area contributed by atoms with E-state index < -0.39 is 6.04 Å². The summed E-state index contributed by atoms with van der Waals surface area (Å²) < 4.78 is 0. The zero-order chi connectivity index (χ0) is 42.9. The average Bonchev–Trinajstić information content (AvgIpc) is 3.88. The van der Waals surface area contributed by atoms with Crippen molar-refractivity contribution in [3.8, 4) is 11.1 Å². The summed E-state index contributed by atoms with van der Waals surface area (Å²) >= 11 is 0. The fourth-order valence-corrected chi connectivity index (χ4v) is 9.93. The highest BCUT2D eigenvalue weighted by Gasteiger charge is 2.34. The lowest BCUT2D eigenvalue weighted by molar-refractivity contribution is -0.134. The zero-order valence-corrected chi connectivity index (χ0v) is 35.5. The first kappa shape index (κ1) is 41.3. The van der Waals surface area contributed by atoms with E-state index in [-0.39, 0.29) is 35.5 Å². The van der Waals surface area contributed by atoms with Crippen LogP contribution in [0.2, 0.25) is 0 Å². The highest BCUT2D eigenvalue weighted by atomic mass is 16.2. The van der Waals surface area contributed by atoms with Gasteiger partial charge in [0.05, 0.1) is 11.6 Å². The van der Waals surface area contributed by atoms with E-state index in [2.05, 4.69) is 84.6 Å². The molecule has 0 aliphatic carbocycles. The van der Waals surface area contributed by atoms with Crippen LogP contribution in [-0.4, -0.2) is 105 Å². The molecule has 4 saturated heterocycles. The number of hydrazine groups is 1. The van der Waals surface area contributed by atoms with Crippen molar-refractivity contribution < 1.29 is 24.0 Å². The van der Waals surface area contributed by atoms with Gasteiger partial charge in [0, 0.05) is 100 Å². The van der Waals surface area contributed by atoms with Gasteiger partial charge in [-0.15, -0.1) is 0 Å². The van der Waals surface area contributed by atoms with Crippen LogP contribution in [0.3, 0.4) is 0 Å². The molecule has 0 aromatic heterocycles. The van der Waals surface area contributed by atoms with Gasteiger partial charge in [0.15, 0.2) is 0 Å². The first-order valence-electron chi connectivity index (χ1n) is 22.0. The molecule has 5 aliphatic heterocycles. The fourth-order valence-electron chi connectivity index (χ4n) is 9.93.